The Balaban J connectivity index is 2.16. The quantitative estimate of drug-likeness (QED) is 0.864. The van der Waals surface area contributed by atoms with Crippen LogP contribution in [0.3, 0.4) is 0 Å². The number of benzene rings is 1. The second kappa shape index (κ2) is 5.19. The molecule has 0 saturated carbocycles. The van der Waals surface area contributed by atoms with Crippen LogP contribution in [-0.2, 0) is 0 Å². The average Bonchev–Trinajstić information content (AvgIpc) is 2.39. The Morgan fingerprint density at radius 3 is 2.89 bits per heavy atom. The SMILES string of the molecule is CC(Nc1cc(C#N)ccn1)c1cccc(O)c1. The van der Waals surface area contributed by atoms with E-state index in [9.17, 15) is 5.11 Å². The number of aromatic hydroxyl groups is 1. The van der Waals surface area contributed by atoms with Gasteiger partial charge in [-0.15, -0.1) is 0 Å². The van der Waals surface area contributed by atoms with E-state index < -0.39 is 0 Å². The molecule has 1 unspecified atom stereocenters. The van der Waals surface area contributed by atoms with Gasteiger partial charge < -0.3 is 10.4 Å². The molecule has 4 nitrogen and oxygen atoms in total. The number of anilines is 1. The Hall–Kier alpha value is -2.54. The summed E-state index contributed by atoms with van der Waals surface area (Å²) in [5, 5.41) is 21.4. The summed E-state index contributed by atoms with van der Waals surface area (Å²) in [6.45, 7) is 1.97. The number of rotatable bonds is 3. The first-order valence-electron chi connectivity index (χ1n) is 5.60. The van der Waals surface area contributed by atoms with Crippen LogP contribution >= 0.6 is 0 Å². The number of aromatic nitrogens is 1. The molecular weight excluding hydrogens is 226 g/mol. The largest absolute Gasteiger partial charge is 0.508 e. The number of nitrogens with one attached hydrogen (secondary N) is 1. The number of phenols is 1. The highest BCUT2D eigenvalue weighted by atomic mass is 16.3. The van der Waals surface area contributed by atoms with Crippen molar-refractivity contribution in [3.63, 3.8) is 0 Å². The minimum absolute atomic E-state index is 0.00135. The van der Waals surface area contributed by atoms with E-state index in [1.54, 1.807) is 36.5 Å². The molecule has 0 aliphatic heterocycles. The van der Waals surface area contributed by atoms with Crippen LogP contribution in [0.1, 0.15) is 24.1 Å². The molecule has 0 saturated heterocycles. The van der Waals surface area contributed by atoms with Crippen molar-refractivity contribution >= 4 is 5.82 Å². The third-order valence-electron chi connectivity index (χ3n) is 2.62. The maximum atomic E-state index is 9.42. The lowest BCUT2D eigenvalue weighted by molar-refractivity contribution is 0.474. The zero-order valence-corrected chi connectivity index (χ0v) is 9.96. The van der Waals surface area contributed by atoms with E-state index >= 15 is 0 Å². The summed E-state index contributed by atoms with van der Waals surface area (Å²) in [6.07, 6.45) is 1.59. The molecule has 18 heavy (non-hydrogen) atoms. The van der Waals surface area contributed by atoms with Crippen LogP contribution in [0, 0.1) is 11.3 Å². The van der Waals surface area contributed by atoms with E-state index in [-0.39, 0.29) is 11.8 Å². The van der Waals surface area contributed by atoms with Gasteiger partial charge in [-0.05, 0) is 36.8 Å². The summed E-state index contributed by atoms with van der Waals surface area (Å²) in [4.78, 5) is 4.15. The summed E-state index contributed by atoms with van der Waals surface area (Å²) < 4.78 is 0. The molecule has 1 aromatic heterocycles. The first-order chi connectivity index (χ1) is 8.69. The van der Waals surface area contributed by atoms with Crippen molar-refractivity contribution in [1.82, 2.24) is 4.98 Å². The van der Waals surface area contributed by atoms with Crippen LogP contribution < -0.4 is 5.32 Å². The Bertz CT molecular complexity index is 590. The normalized spacial score (nSPS) is 11.6. The van der Waals surface area contributed by atoms with Gasteiger partial charge >= 0.3 is 0 Å². The standard InChI is InChI=1S/C14H13N3O/c1-10(12-3-2-4-13(18)8-12)17-14-7-11(9-15)5-6-16-14/h2-8,10,18H,1H3,(H,16,17). The minimum atomic E-state index is -0.00135. The smallest absolute Gasteiger partial charge is 0.127 e. The van der Waals surface area contributed by atoms with Gasteiger partial charge in [-0.1, -0.05) is 12.1 Å². The second-order valence-electron chi connectivity index (χ2n) is 4.00. The highest BCUT2D eigenvalue weighted by molar-refractivity contribution is 5.44. The van der Waals surface area contributed by atoms with Crippen LogP contribution in [0.2, 0.25) is 0 Å². The fraction of sp³-hybridized carbons (Fsp3) is 0.143. The van der Waals surface area contributed by atoms with Crippen LogP contribution in [0.25, 0.3) is 0 Å². The fourth-order valence-electron chi connectivity index (χ4n) is 1.68. The summed E-state index contributed by atoms with van der Waals surface area (Å²) >= 11 is 0. The van der Waals surface area contributed by atoms with Crippen molar-refractivity contribution in [2.24, 2.45) is 0 Å². The molecule has 1 atom stereocenters. The van der Waals surface area contributed by atoms with Gasteiger partial charge in [0.25, 0.3) is 0 Å². The molecule has 2 N–H and O–H groups in total. The average molecular weight is 239 g/mol. The van der Waals surface area contributed by atoms with Crippen LogP contribution in [-0.4, -0.2) is 10.1 Å². The number of nitrogens with zero attached hydrogens (tertiary/aromatic N) is 2. The number of hydrogen-bond acceptors (Lipinski definition) is 4. The highest BCUT2D eigenvalue weighted by Gasteiger charge is 2.06. The van der Waals surface area contributed by atoms with E-state index in [4.69, 9.17) is 5.26 Å². The number of phenolic OH excluding ortho intramolecular Hbond substituents is 1. The molecule has 2 aromatic rings. The van der Waals surface area contributed by atoms with Gasteiger partial charge in [0.1, 0.15) is 11.6 Å². The van der Waals surface area contributed by atoms with Gasteiger partial charge in [0, 0.05) is 6.20 Å². The zero-order valence-electron chi connectivity index (χ0n) is 9.96. The molecule has 2 rings (SSSR count). The Morgan fingerprint density at radius 1 is 1.33 bits per heavy atom. The molecule has 0 fully saturated rings. The van der Waals surface area contributed by atoms with Gasteiger partial charge in [0.05, 0.1) is 17.7 Å². The number of hydrogen-bond donors (Lipinski definition) is 2. The molecule has 1 aromatic carbocycles. The molecule has 0 aliphatic rings. The lowest BCUT2D eigenvalue weighted by Crippen LogP contribution is -2.07. The molecule has 4 heteroatoms. The predicted octanol–water partition coefficient (Wildman–Crippen LogP) is 2.83. The Kier molecular flexibility index (Phi) is 3.44. The highest BCUT2D eigenvalue weighted by Crippen LogP contribution is 2.21. The van der Waals surface area contributed by atoms with Crippen molar-refractivity contribution in [3.05, 3.63) is 53.7 Å². The van der Waals surface area contributed by atoms with E-state index in [0.29, 0.717) is 11.4 Å². The predicted molar refractivity (Wildman–Crippen MR) is 69.1 cm³/mol. The van der Waals surface area contributed by atoms with Crippen molar-refractivity contribution in [3.8, 4) is 11.8 Å². The Morgan fingerprint density at radius 2 is 2.17 bits per heavy atom. The van der Waals surface area contributed by atoms with Gasteiger partial charge in [0.2, 0.25) is 0 Å². The fourth-order valence-corrected chi connectivity index (χ4v) is 1.68. The molecule has 90 valence electrons. The topological polar surface area (TPSA) is 68.9 Å². The Labute approximate surface area is 106 Å². The third-order valence-corrected chi connectivity index (χ3v) is 2.62. The summed E-state index contributed by atoms with van der Waals surface area (Å²) in [7, 11) is 0. The lowest BCUT2D eigenvalue weighted by atomic mass is 10.1. The zero-order chi connectivity index (χ0) is 13.0. The minimum Gasteiger partial charge on any atom is -0.508 e. The van der Waals surface area contributed by atoms with E-state index in [0.717, 1.165) is 5.56 Å². The van der Waals surface area contributed by atoms with E-state index in [1.165, 1.54) is 0 Å². The molecule has 0 amide bonds. The summed E-state index contributed by atoms with van der Waals surface area (Å²) in [5.41, 5.74) is 1.52. The first kappa shape index (κ1) is 11.9. The molecule has 0 aliphatic carbocycles. The molecule has 0 radical (unpaired) electrons. The summed E-state index contributed by atoms with van der Waals surface area (Å²) in [5.74, 6) is 0.879. The molecular formula is C14H13N3O. The van der Waals surface area contributed by atoms with Crippen LogP contribution in [0.15, 0.2) is 42.6 Å². The van der Waals surface area contributed by atoms with Crippen LogP contribution in [0.5, 0.6) is 5.75 Å². The van der Waals surface area contributed by atoms with Crippen molar-refractivity contribution in [2.45, 2.75) is 13.0 Å². The first-order valence-corrected chi connectivity index (χ1v) is 5.60. The van der Waals surface area contributed by atoms with E-state index in [1.807, 2.05) is 13.0 Å². The van der Waals surface area contributed by atoms with E-state index in [2.05, 4.69) is 16.4 Å². The molecule has 0 bridgehead atoms. The molecule has 1 heterocycles. The number of nitriles is 1. The van der Waals surface area contributed by atoms with Crippen LogP contribution in [0.4, 0.5) is 5.82 Å². The van der Waals surface area contributed by atoms with Gasteiger partial charge in [0.15, 0.2) is 0 Å². The number of pyridine rings is 1. The van der Waals surface area contributed by atoms with Gasteiger partial charge in [-0.3, -0.25) is 0 Å². The maximum absolute atomic E-state index is 9.42. The van der Waals surface area contributed by atoms with Crippen molar-refractivity contribution in [1.29, 1.82) is 5.26 Å². The van der Waals surface area contributed by atoms with Gasteiger partial charge in [-0.2, -0.15) is 5.26 Å². The lowest BCUT2D eigenvalue weighted by Gasteiger charge is -2.15. The summed E-state index contributed by atoms with van der Waals surface area (Å²) in [6, 6.07) is 12.5. The molecule has 0 spiro atoms. The third kappa shape index (κ3) is 2.77. The van der Waals surface area contributed by atoms with Crippen molar-refractivity contribution in [2.75, 3.05) is 5.32 Å². The maximum Gasteiger partial charge on any atom is 0.127 e. The monoisotopic (exact) mass is 239 g/mol. The second-order valence-corrected chi connectivity index (χ2v) is 4.00. The van der Waals surface area contributed by atoms with Gasteiger partial charge in [-0.25, -0.2) is 4.98 Å². The van der Waals surface area contributed by atoms with Crippen molar-refractivity contribution < 1.29 is 5.11 Å².